The molecule has 6 heteroatoms. The third-order valence-electron chi connectivity index (χ3n) is 3.70. The van der Waals surface area contributed by atoms with E-state index in [4.69, 9.17) is 5.11 Å². The number of carbonyl (C=O) groups is 1. The van der Waals surface area contributed by atoms with Crippen LogP contribution in [0.25, 0.3) is 0 Å². The first kappa shape index (κ1) is 13.3. The number of nitro groups is 1. The summed E-state index contributed by atoms with van der Waals surface area (Å²) in [5.74, 6) is -1.29. The maximum atomic E-state index is 10.9. The first-order valence-corrected chi connectivity index (χ1v) is 6.17. The van der Waals surface area contributed by atoms with Crippen LogP contribution in [0.3, 0.4) is 0 Å². The highest BCUT2D eigenvalue weighted by Gasteiger charge is 2.31. The second-order valence-electron chi connectivity index (χ2n) is 5.31. The molecule has 2 rings (SSSR count). The summed E-state index contributed by atoms with van der Waals surface area (Å²) in [5, 5.41) is 22.9. The fraction of sp³-hybridized carbons (Fsp3) is 0.462. The maximum absolute atomic E-state index is 10.9. The third-order valence-corrected chi connectivity index (χ3v) is 3.70. The number of hydrogen-bond donors (Lipinski definition) is 2. The van der Waals surface area contributed by atoms with Crippen LogP contribution < -0.4 is 5.32 Å². The summed E-state index contributed by atoms with van der Waals surface area (Å²) in [6.45, 7) is 2.92. The van der Waals surface area contributed by atoms with Crippen molar-refractivity contribution < 1.29 is 14.8 Å². The lowest BCUT2D eigenvalue weighted by Gasteiger charge is -2.38. The summed E-state index contributed by atoms with van der Waals surface area (Å²) in [6.07, 6.45) is 3.51. The molecule has 1 aliphatic carbocycles. The lowest BCUT2D eigenvalue weighted by Crippen LogP contribution is -2.33. The molecule has 1 saturated carbocycles. The molecule has 0 bridgehead atoms. The molecule has 19 heavy (non-hydrogen) atoms. The van der Waals surface area contributed by atoms with Crippen LogP contribution in [0.1, 0.15) is 36.5 Å². The highest BCUT2D eigenvalue weighted by atomic mass is 16.6. The van der Waals surface area contributed by atoms with Crippen molar-refractivity contribution in [2.75, 3.05) is 11.9 Å². The quantitative estimate of drug-likeness (QED) is 0.630. The van der Waals surface area contributed by atoms with Crippen LogP contribution in [0.2, 0.25) is 0 Å². The first-order chi connectivity index (χ1) is 8.91. The Bertz CT molecular complexity index is 523. The topological polar surface area (TPSA) is 92.5 Å². The number of nitrogens with one attached hydrogen (secondary N) is 1. The van der Waals surface area contributed by atoms with Gasteiger partial charge in [-0.25, -0.2) is 4.79 Å². The van der Waals surface area contributed by atoms with Crippen molar-refractivity contribution in [2.45, 2.75) is 26.2 Å². The number of nitro benzene ring substituents is 1. The van der Waals surface area contributed by atoms with Gasteiger partial charge < -0.3 is 10.4 Å². The Morgan fingerprint density at radius 2 is 2.21 bits per heavy atom. The predicted octanol–water partition coefficient (Wildman–Crippen LogP) is 2.90. The number of rotatable bonds is 5. The monoisotopic (exact) mass is 264 g/mol. The van der Waals surface area contributed by atoms with Crippen molar-refractivity contribution in [3.63, 3.8) is 0 Å². The number of anilines is 1. The minimum atomic E-state index is -1.29. The molecule has 1 aromatic carbocycles. The van der Waals surface area contributed by atoms with E-state index in [1.54, 1.807) is 6.07 Å². The molecule has 0 saturated heterocycles. The highest BCUT2D eigenvalue weighted by molar-refractivity contribution is 5.93. The third kappa shape index (κ3) is 2.83. The fourth-order valence-electron chi connectivity index (χ4n) is 2.25. The Hall–Kier alpha value is -2.11. The highest BCUT2D eigenvalue weighted by Crippen LogP contribution is 2.40. The van der Waals surface area contributed by atoms with Crippen LogP contribution in [0.4, 0.5) is 11.4 Å². The number of nitrogens with zero attached hydrogens (tertiary/aromatic N) is 1. The van der Waals surface area contributed by atoms with Crippen molar-refractivity contribution in [1.82, 2.24) is 0 Å². The average molecular weight is 264 g/mol. The van der Waals surface area contributed by atoms with E-state index in [1.807, 2.05) is 0 Å². The van der Waals surface area contributed by atoms with Gasteiger partial charge in [-0.2, -0.15) is 0 Å². The van der Waals surface area contributed by atoms with Crippen LogP contribution in [0, 0.1) is 15.5 Å². The van der Waals surface area contributed by atoms with Gasteiger partial charge in [0.1, 0.15) is 5.56 Å². The Kier molecular flexibility index (Phi) is 3.42. The zero-order chi connectivity index (χ0) is 14.0. The van der Waals surface area contributed by atoms with Crippen LogP contribution >= 0.6 is 0 Å². The number of benzene rings is 1. The molecule has 1 aliphatic rings. The maximum Gasteiger partial charge on any atom is 0.342 e. The molecule has 1 fully saturated rings. The average Bonchev–Trinajstić information content (AvgIpc) is 2.33. The molecule has 2 N–H and O–H groups in total. The number of aromatic carboxylic acids is 1. The second kappa shape index (κ2) is 4.87. The molecule has 0 radical (unpaired) electrons. The lowest BCUT2D eigenvalue weighted by molar-refractivity contribution is -0.385. The predicted molar refractivity (Wildman–Crippen MR) is 70.5 cm³/mol. The summed E-state index contributed by atoms with van der Waals surface area (Å²) in [5.41, 5.74) is 0.173. The van der Waals surface area contributed by atoms with Crippen molar-refractivity contribution >= 4 is 17.3 Å². The Morgan fingerprint density at radius 3 is 2.68 bits per heavy atom. The normalized spacial score (nSPS) is 16.5. The standard InChI is InChI=1S/C13H16N2O4/c1-13(5-2-6-13)8-14-9-3-4-10(12(16)17)11(7-9)15(18)19/h3-4,7,14H,2,5-6,8H2,1H3,(H,16,17). The summed E-state index contributed by atoms with van der Waals surface area (Å²) in [6, 6.07) is 4.12. The molecule has 0 aromatic heterocycles. The molecule has 0 amide bonds. The molecule has 0 heterocycles. The van der Waals surface area contributed by atoms with Gasteiger partial charge in [0.05, 0.1) is 4.92 Å². The number of carboxylic acid groups (broad SMARTS) is 1. The van der Waals surface area contributed by atoms with Crippen LogP contribution in [-0.2, 0) is 0 Å². The van der Waals surface area contributed by atoms with Gasteiger partial charge >= 0.3 is 5.97 Å². The van der Waals surface area contributed by atoms with Gasteiger partial charge in [0.25, 0.3) is 5.69 Å². The fourth-order valence-corrected chi connectivity index (χ4v) is 2.25. The smallest absolute Gasteiger partial charge is 0.342 e. The van der Waals surface area contributed by atoms with E-state index in [0.29, 0.717) is 5.69 Å². The van der Waals surface area contributed by atoms with E-state index in [-0.39, 0.29) is 16.7 Å². The summed E-state index contributed by atoms with van der Waals surface area (Å²) in [7, 11) is 0. The molecule has 6 nitrogen and oxygen atoms in total. The summed E-state index contributed by atoms with van der Waals surface area (Å²) in [4.78, 5) is 21.1. The minimum absolute atomic E-state index is 0.250. The minimum Gasteiger partial charge on any atom is -0.477 e. The van der Waals surface area contributed by atoms with Gasteiger partial charge in [-0.15, -0.1) is 0 Å². The number of carboxylic acids is 1. The van der Waals surface area contributed by atoms with E-state index in [9.17, 15) is 14.9 Å². The molecular weight excluding hydrogens is 248 g/mol. The van der Waals surface area contributed by atoms with Gasteiger partial charge in [-0.05, 0) is 30.4 Å². The second-order valence-corrected chi connectivity index (χ2v) is 5.31. The molecule has 0 unspecified atom stereocenters. The zero-order valence-corrected chi connectivity index (χ0v) is 10.7. The molecule has 0 atom stereocenters. The molecule has 1 aromatic rings. The van der Waals surface area contributed by atoms with Crippen LogP contribution in [-0.4, -0.2) is 22.5 Å². The molecule has 0 spiro atoms. The van der Waals surface area contributed by atoms with E-state index in [2.05, 4.69) is 12.2 Å². The molecule has 0 aliphatic heterocycles. The van der Waals surface area contributed by atoms with E-state index in [0.717, 1.165) is 19.4 Å². The van der Waals surface area contributed by atoms with Crippen molar-refractivity contribution in [3.05, 3.63) is 33.9 Å². The van der Waals surface area contributed by atoms with Gasteiger partial charge in [0.15, 0.2) is 0 Å². The first-order valence-electron chi connectivity index (χ1n) is 6.17. The summed E-state index contributed by atoms with van der Waals surface area (Å²) < 4.78 is 0. The van der Waals surface area contributed by atoms with Gasteiger partial charge in [-0.1, -0.05) is 13.3 Å². The van der Waals surface area contributed by atoms with Crippen molar-refractivity contribution in [2.24, 2.45) is 5.41 Å². The number of hydrogen-bond acceptors (Lipinski definition) is 4. The van der Waals surface area contributed by atoms with Gasteiger partial charge in [-0.3, -0.25) is 10.1 Å². The van der Waals surface area contributed by atoms with Gasteiger partial charge in [0, 0.05) is 18.3 Å². The van der Waals surface area contributed by atoms with Gasteiger partial charge in [0.2, 0.25) is 0 Å². The van der Waals surface area contributed by atoms with E-state index < -0.39 is 10.9 Å². The Labute approximate surface area is 110 Å². The van der Waals surface area contributed by atoms with E-state index >= 15 is 0 Å². The largest absolute Gasteiger partial charge is 0.477 e. The molecule has 102 valence electrons. The summed E-state index contributed by atoms with van der Waals surface area (Å²) >= 11 is 0. The lowest BCUT2D eigenvalue weighted by atomic mass is 9.70. The van der Waals surface area contributed by atoms with Crippen molar-refractivity contribution in [1.29, 1.82) is 0 Å². The van der Waals surface area contributed by atoms with Crippen LogP contribution in [0.15, 0.2) is 18.2 Å². The Balaban J connectivity index is 2.16. The SMILES string of the molecule is CC1(CNc2ccc(C(=O)O)c([N+](=O)[O-])c2)CCC1. The Morgan fingerprint density at radius 1 is 1.53 bits per heavy atom. The van der Waals surface area contributed by atoms with E-state index in [1.165, 1.54) is 18.6 Å². The van der Waals surface area contributed by atoms with Crippen LogP contribution in [0.5, 0.6) is 0 Å². The zero-order valence-electron chi connectivity index (χ0n) is 10.7. The van der Waals surface area contributed by atoms with Crippen molar-refractivity contribution in [3.8, 4) is 0 Å². The molecular formula is C13H16N2O4.